The standard InChI is InChI=1S/C24H31N3O3/c1-17(28)20(22-11-10-19(29-4)14-24(22)30-5)12-13-27-16-18(15-25-27)21-8-6-7-9-23(21)26(2)3/h6-11,14-15,18,20H,12-13,16H2,1-5H3. The van der Waals surface area contributed by atoms with Crippen molar-refractivity contribution in [3.63, 3.8) is 0 Å². The molecule has 0 radical (unpaired) electrons. The van der Waals surface area contributed by atoms with Crippen LogP contribution in [0.2, 0.25) is 0 Å². The van der Waals surface area contributed by atoms with Crippen LogP contribution in [-0.4, -0.2) is 58.4 Å². The molecule has 6 nitrogen and oxygen atoms in total. The van der Waals surface area contributed by atoms with E-state index in [0.717, 1.165) is 12.1 Å². The Balaban J connectivity index is 1.69. The van der Waals surface area contributed by atoms with E-state index in [1.807, 2.05) is 24.4 Å². The first kappa shape index (κ1) is 21.7. The topological polar surface area (TPSA) is 54.4 Å². The summed E-state index contributed by atoms with van der Waals surface area (Å²) in [5.74, 6) is 1.52. The van der Waals surface area contributed by atoms with E-state index in [9.17, 15) is 4.79 Å². The van der Waals surface area contributed by atoms with Crippen molar-refractivity contribution >= 4 is 17.7 Å². The number of benzene rings is 2. The van der Waals surface area contributed by atoms with Gasteiger partial charge in [0, 0.05) is 62.6 Å². The average molecular weight is 410 g/mol. The van der Waals surface area contributed by atoms with E-state index in [4.69, 9.17) is 9.47 Å². The molecule has 160 valence electrons. The highest BCUT2D eigenvalue weighted by molar-refractivity contribution is 5.84. The zero-order valence-electron chi connectivity index (χ0n) is 18.5. The fraction of sp³-hybridized carbons (Fsp3) is 0.417. The average Bonchev–Trinajstić information content (AvgIpc) is 3.22. The minimum absolute atomic E-state index is 0.121. The molecule has 6 heteroatoms. The van der Waals surface area contributed by atoms with Crippen molar-refractivity contribution in [2.24, 2.45) is 5.10 Å². The lowest BCUT2D eigenvalue weighted by Crippen LogP contribution is -2.23. The van der Waals surface area contributed by atoms with Gasteiger partial charge in [0.2, 0.25) is 0 Å². The van der Waals surface area contributed by atoms with Gasteiger partial charge in [0.15, 0.2) is 0 Å². The summed E-state index contributed by atoms with van der Waals surface area (Å²) in [6, 6.07) is 14.0. The molecule has 0 aromatic heterocycles. The molecular formula is C24H31N3O3. The molecule has 2 aromatic carbocycles. The van der Waals surface area contributed by atoms with E-state index in [1.165, 1.54) is 11.3 Å². The molecule has 0 saturated carbocycles. The fourth-order valence-electron chi connectivity index (χ4n) is 3.99. The lowest BCUT2D eigenvalue weighted by atomic mass is 9.91. The molecule has 0 spiro atoms. The number of carbonyl (C=O) groups excluding carboxylic acids is 1. The number of nitrogens with zero attached hydrogens (tertiary/aromatic N) is 3. The summed E-state index contributed by atoms with van der Waals surface area (Å²) in [6.07, 6.45) is 2.69. The minimum Gasteiger partial charge on any atom is -0.497 e. The molecule has 30 heavy (non-hydrogen) atoms. The number of hydrogen-bond donors (Lipinski definition) is 0. The Morgan fingerprint density at radius 2 is 1.97 bits per heavy atom. The SMILES string of the molecule is COc1ccc(C(CCN2CC(c3ccccc3N(C)C)C=N2)C(C)=O)c(OC)c1. The monoisotopic (exact) mass is 409 g/mol. The predicted molar refractivity (Wildman–Crippen MR) is 121 cm³/mol. The van der Waals surface area contributed by atoms with Crippen LogP contribution in [0.15, 0.2) is 47.6 Å². The molecule has 2 aromatic rings. The number of hydrazone groups is 1. The zero-order chi connectivity index (χ0) is 21.7. The van der Waals surface area contributed by atoms with Gasteiger partial charge in [0.05, 0.1) is 14.2 Å². The second kappa shape index (κ2) is 9.65. The molecule has 0 N–H and O–H groups in total. The summed E-state index contributed by atoms with van der Waals surface area (Å²) >= 11 is 0. The second-order valence-electron chi connectivity index (χ2n) is 7.80. The molecule has 1 aliphatic heterocycles. The van der Waals surface area contributed by atoms with Crippen LogP contribution in [0.25, 0.3) is 0 Å². The van der Waals surface area contributed by atoms with Crippen molar-refractivity contribution in [2.45, 2.75) is 25.2 Å². The van der Waals surface area contributed by atoms with Crippen LogP contribution < -0.4 is 14.4 Å². The van der Waals surface area contributed by atoms with Gasteiger partial charge < -0.3 is 14.4 Å². The number of para-hydroxylation sites is 1. The van der Waals surface area contributed by atoms with E-state index in [1.54, 1.807) is 21.1 Å². The molecule has 0 saturated heterocycles. The van der Waals surface area contributed by atoms with Crippen molar-refractivity contribution in [2.75, 3.05) is 46.3 Å². The number of hydrogen-bond acceptors (Lipinski definition) is 6. The van der Waals surface area contributed by atoms with E-state index in [-0.39, 0.29) is 17.6 Å². The smallest absolute Gasteiger partial charge is 0.137 e. The molecular weight excluding hydrogens is 378 g/mol. The predicted octanol–water partition coefficient (Wildman–Crippen LogP) is 3.92. The van der Waals surface area contributed by atoms with Crippen molar-refractivity contribution < 1.29 is 14.3 Å². The highest BCUT2D eigenvalue weighted by atomic mass is 16.5. The third-order valence-electron chi connectivity index (χ3n) is 5.62. The summed E-state index contributed by atoms with van der Waals surface area (Å²) < 4.78 is 10.8. The number of rotatable bonds is 9. The summed E-state index contributed by atoms with van der Waals surface area (Å²) in [5, 5.41) is 6.67. The second-order valence-corrected chi connectivity index (χ2v) is 7.80. The first-order valence-corrected chi connectivity index (χ1v) is 10.2. The van der Waals surface area contributed by atoms with Crippen LogP contribution in [0, 0.1) is 0 Å². The van der Waals surface area contributed by atoms with Crippen LogP contribution in [0.1, 0.15) is 36.3 Å². The Morgan fingerprint density at radius 3 is 2.63 bits per heavy atom. The van der Waals surface area contributed by atoms with Gasteiger partial charge in [-0.25, -0.2) is 0 Å². The van der Waals surface area contributed by atoms with Gasteiger partial charge in [-0.15, -0.1) is 0 Å². The molecule has 3 rings (SSSR count). The number of Topliss-reactive ketones (excluding diaryl/α,β-unsaturated/α-hetero) is 1. The van der Waals surface area contributed by atoms with E-state index < -0.39 is 0 Å². The van der Waals surface area contributed by atoms with Crippen LogP contribution >= 0.6 is 0 Å². The van der Waals surface area contributed by atoms with Crippen LogP contribution in [0.3, 0.4) is 0 Å². The van der Waals surface area contributed by atoms with Gasteiger partial charge in [0.25, 0.3) is 0 Å². The maximum Gasteiger partial charge on any atom is 0.137 e. The van der Waals surface area contributed by atoms with Crippen molar-refractivity contribution in [3.8, 4) is 11.5 Å². The lowest BCUT2D eigenvalue weighted by Gasteiger charge is -2.23. The minimum atomic E-state index is -0.242. The quantitative estimate of drug-likeness (QED) is 0.628. The van der Waals surface area contributed by atoms with Crippen LogP contribution in [0.5, 0.6) is 11.5 Å². The lowest BCUT2D eigenvalue weighted by molar-refractivity contribution is -0.118. The molecule has 0 bridgehead atoms. The van der Waals surface area contributed by atoms with Crippen molar-refractivity contribution in [3.05, 3.63) is 53.6 Å². The Bertz CT molecular complexity index is 910. The molecule has 2 unspecified atom stereocenters. The Labute approximate surface area is 179 Å². The van der Waals surface area contributed by atoms with E-state index >= 15 is 0 Å². The molecule has 1 aliphatic rings. The maximum absolute atomic E-state index is 12.4. The van der Waals surface area contributed by atoms with Gasteiger partial charge in [-0.1, -0.05) is 24.3 Å². The summed E-state index contributed by atoms with van der Waals surface area (Å²) in [5.41, 5.74) is 3.37. The number of methoxy groups -OCH3 is 2. The van der Waals surface area contributed by atoms with Crippen molar-refractivity contribution in [1.82, 2.24) is 5.01 Å². The van der Waals surface area contributed by atoms with E-state index in [2.05, 4.69) is 53.4 Å². The zero-order valence-corrected chi connectivity index (χ0v) is 18.5. The number of ether oxygens (including phenoxy) is 2. The normalized spacial score (nSPS) is 16.4. The molecule has 2 atom stereocenters. The number of anilines is 1. The Kier molecular flexibility index (Phi) is 6.98. The number of carbonyl (C=O) groups is 1. The summed E-state index contributed by atoms with van der Waals surface area (Å²) in [6.45, 7) is 3.16. The van der Waals surface area contributed by atoms with Crippen LogP contribution in [-0.2, 0) is 4.79 Å². The first-order chi connectivity index (χ1) is 14.4. The Hall–Kier alpha value is -3.02. The van der Waals surface area contributed by atoms with Gasteiger partial charge in [-0.3, -0.25) is 9.80 Å². The first-order valence-electron chi connectivity index (χ1n) is 10.2. The largest absolute Gasteiger partial charge is 0.497 e. The van der Waals surface area contributed by atoms with E-state index in [0.29, 0.717) is 24.5 Å². The highest BCUT2D eigenvalue weighted by Gasteiger charge is 2.26. The molecule has 0 amide bonds. The van der Waals surface area contributed by atoms with Crippen molar-refractivity contribution in [1.29, 1.82) is 0 Å². The summed E-state index contributed by atoms with van der Waals surface area (Å²) in [7, 11) is 7.35. The summed E-state index contributed by atoms with van der Waals surface area (Å²) in [4.78, 5) is 14.6. The molecule has 1 heterocycles. The van der Waals surface area contributed by atoms with Crippen LogP contribution in [0.4, 0.5) is 5.69 Å². The third-order valence-corrected chi connectivity index (χ3v) is 5.62. The highest BCUT2D eigenvalue weighted by Crippen LogP contribution is 2.34. The Morgan fingerprint density at radius 1 is 1.20 bits per heavy atom. The van der Waals surface area contributed by atoms with Gasteiger partial charge in [-0.2, -0.15) is 5.10 Å². The number of ketones is 1. The third kappa shape index (κ3) is 4.75. The molecule has 0 aliphatic carbocycles. The maximum atomic E-state index is 12.4. The van der Waals surface area contributed by atoms with Gasteiger partial charge in [0.1, 0.15) is 17.3 Å². The van der Waals surface area contributed by atoms with Gasteiger partial charge >= 0.3 is 0 Å². The molecule has 0 fully saturated rings. The van der Waals surface area contributed by atoms with Gasteiger partial charge in [-0.05, 0) is 31.0 Å². The fourth-order valence-corrected chi connectivity index (χ4v) is 3.99.